The standard InChI is InChI=1S/C34H61N5O13/c1-2-3-11-35-30(41)24-50-21-19-48-16-13-37-32(43)26-52-23-20-49-17-14-38-31(42)25-51-22-18-47-15-12-36-29(40)10-9-28(34(45)46)39-33(44)27-7-5-4-6-8-27/h27-28H,2-26H2,1H3,(H,35,41)(H,36,40)(H,37,43)(H,38,42)(H,39,44)(H,45,46)/t28-/m0/s1. The van der Waals surface area contributed by atoms with Crippen molar-refractivity contribution in [2.24, 2.45) is 5.92 Å². The van der Waals surface area contributed by atoms with E-state index in [1.54, 1.807) is 0 Å². The van der Waals surface area contributed by atoms with Crippen LogP contribution in [0.25, 0.3) is 0 Å². The van der Waals surface area contributed by atoms with Gasteiger partial charge in [0.2, 0.25) is 29.5 Å². The molecule has 1 saturated carbocycles. The average Bonchev–Trinajstić information content (AvgIpc) is 3.13. The van der Waals surface area contributed by atoms with Crippen molar-refractivity contribution in [3.8, 4) is 0 Å². The number of carboxylic acid groups (broad SMARTS) is 1. The molecule has 0 spiro atoms. The van der Waals surface area contributed by atoms with Crippen molar-refractivity contribution in [1.82, 2.24) is 26.6 Å². The van der Waals surface area contributed by atoms with Gasteiger partial charge < -0.3 is 60.1 Å². The van der Waals surface area contributed by atoms with Crippen LogP contribution in [-0.4, -0.2) is 152 Å². The third kappa shape index (κ3) is 27.3. The van der Waals surface area contributed by atoms with Gasteiger partial charge in [0.15, 0.2) is 0 Å². The fourth-order valence-corrected chi connectivity index (χ4v) is 4.78. The third-order valence-electron chi connectivity index (χ3n) is 7.62. The molecule has 0 radical (unpaired) electrons. The van der Waals surface area contributed by atoms with Gasteiger partial charge in [0.1, 0.15) is 25.9 Å². The van der Waals surface area contributed by atoms with Gasteiger partial charge in [0, 0.05) is 38.5 Å². The summed E-state index contributed by atoms with van der Waals surface area (Å²) in [6, 6.07) is -1.11. The summed E-state index contributed by atoms with van der Waals surface area (Å²) in [4.78, 5) is 71.1. The van der Waals surface area contributed by atoms with E-state index in [2.05, 4.69) is 26.6 Å². The zero-order chi connectivity index (χ0) is 38.1. The lowest BCUT2D eigenvalue weighted by atomic mass is 9.88. The third-order valence-corrected chi connectivity index (χ3v) is 7.62. The normalized spacial score (nSPS) is 13.6. The molecule has 0 unspecified atom stereocenters. The van der Waals surface area contributed by atoms with Crippen molar-refractivity contribution in [1.29, 1.82) is 0 Å². The Morgan fingerprint density at radius 1 is 0.577 bits per heavy atom. The summed E-state index contributed by atoms with van der Waals surface area (Å²) >= 11 is 0. The SMILES string of the molecule is CCCCNC(=O)COCCOCCNC(=O)COCCOCCNC(=O)COCCOCCNC(=O)CC[C@H](NC(=O)C1CCCCC1)C(=O)O. The van der Waals surface area contributed by atoms with Crippen molar-refractivity contribution in [2.45, 2.75) is 70.8 Å². The van der Waals surface area contributed by atoms with Crippen LogP contribution in [0.1, 0.15) is 64.7 Å². The zero-order valence-electron chi connectivity index (χ0n) is 30.7. The number of ether oxygens (including phenoxy) is 6. The molecule has 18 heteroatoms. The number of carboxylic acids is 1. The maximum Gasteiger partial charge on any atom is 0.326 e. The van der Waals surface area contributed by atoms with Gasteiger partial charge in [0.25, 0.3) is 0 Å². The molecule has 1 atom stereocenters. The molecule has 1 rings (SSSR count). The highest BCUT2D eigenvalue weighted by Crippen LogP contribution is 2.23. The molecule has 0 aromatic carbocycles. The molecule has 0 aromatic heterocycles. The van der Waals surface area contributed by atoms with Crippen molar-refractivity contribution in [2.75, 3.05) is 105 Å². The summed E-state index contributed by atoms with van der Waals surface area (Å²) in [7, 11) is 0. The molecule has 0 bridgehead atoms. The fourth-order valence-electron chi connectivity index (χ4n) is 4.78. The second kappa shape index (κ2) is 32.2. The average molecular weight is 748 g/mol. The monoisotopic (exact) mass is 747 g/mol. The Hall–Kier alpha value is -3.42. The largest absolute Gasteiger partial charge is 0.480 e. The Balaban J connectivity index is 1.86. The number of carbonyl (C=O) groups is 6. The Labute approximate surface area is 306 Å². The topological polar surface area (TPSA) is 238 Å². The van der Waals surface area contributed by atoms with E-state index in [-0.39, 0.29) is 127 Å². The first-order valence-corrected chi connectivity index (χ1v) is 18.3. The number of hydrogen-bond acceptors (Lipinski definition) is 12. The van der Waals surface area contributed by atoms with Crippen LogP contribution in [-0.2, 0) is 57.2 Å². The number of carbonyl (C=O) groups excluding carboxylic acids is 5. The minimum absolute atomic E-state index is 0.00219. The summed E-state index contributed by atoms with van der Waals surface area (Å²) < 4.78 is 31.8. The Kier molecular flexibility index (Phi) is 28.9. The number of hydrogen-bond donors (Lipinski definition) is 6. The molecule has 0 aromatic rings. The van der Waals surface area contributed by atoms with E-state index in [1.807, 2.05) is 6.92 Å². The molecule has 1 fully saturated rings. The lowest BCUT2D eigenvalue weighted by Crippen LogP contribution is -2.44. The summed E-state index contributed by atoms with van der Waals surface area (Å²) in [5, 5.41) is 22.7. The summed E-state index contributed by atoms with van der Waals surface area (Å²) in [5.41, 5.74) is 0. The molecule has 6 N–H and O–H groups in total. The first-order valence-electron chi connectivity index (χ1n) is 18.3. The highest BCUT2D eigenvalue weighted by molar-refractivity contribution is 5.85. The zero-order valence-corrected chi connectivity index (χ0v) is 30.7. The number of rotatable bonds is 33. The maximum absolute atomic E-state index is 12.4. The predicted octanol–water partition coefficient (Wildman–Crippen LogP) is -0.719. The van der Waals surface area contributed by atoms with Crippen LogP contribution >= 0.6 is 0 Å². The first kappa shape index (κ1) is 46.6. The molecule has 1 aliphatic carbocycles. The van der Waals surface area contributed by atoms with E-state index in [1.165, 1.54) is 0 Å². The maximum atomic E-state index is 12.4. The van der Waals surface area contributed by atoms with Crippen LogP contribution < -0.4 is 26.6 Å². The Bertz CT molecular complexity index is 1010. The molecular weight excluding hydrogens is 686 g/mol. The highest BCUT2D eigenvalue weighted by atomic mass is 16.5. The Morgan fingerprint density at radius 2 is 1.00 bits per heavy atom. The van der Waals surface area contributed by atoms with Gasteiger partial charge in [-0.1, -0.05) is 32.6 Å². The second-order valence-electron chi connectivity index (χ2n) is 12.0. The molecule has 1 aliphatic rings. The van der Waals surface area contributed by atoms with E-state index in [4.69, 9.17) is 28.4 Å². The predicted molar refractivity (Wildman–Crippen MR) is 187 cm³/mol. The molecule has 0 aliphatic heterocycles. The van der Waals surface area contributed by atoms with E-state index in [9.17, 15) is 33.9 Å². The van der Waals surface area contributed by atoms with Crippen molar-refractivity contribution < 1.29 is 62.3 Å². The fraction of sp³-hybridized carbons (Fsp3) is 0.824. The van der Waals surface area contributed by atoms with Gasteiger partial charge in [-0.3, -0.25) is 24.0 Å². The summed E-state index contributed by atoms with van der Waals surface area (Å²) in [6.45, 7) is 5.43. The molecule has 0 heterocycles. The van der Waals surface area contributed by atoms with Gasteiger partial charge in [0.05, 0.1) is 59.5 Å². The van der Waals surface area contributed by atoms with Gasteiger partial charge in [-0.2, -0.15) is 0 Å². The quantitative estimate of drug-likeness (QED) is 0.0456. The molecule has 300 valence electrons. The number of aliphatic carboxylic acids is 1. The van der Waals surface area contributed by atoms with Gasteiger partial charge >= 0.3 is 5.97 Å². The smallest absolute Gasteiger partial charge is 0.326 e. The van der Waals surface area contributed by atoms with E-state index in [0.29, 0.717) is 26.3 Å². The Morgan fingerprint density at radius 3 is 1.44 bits per heavy atom. The minimum atomic E-state index is -1.16. The highest BCUT2D eigenvalue weighted by Gasteiger charge is 2.26. The van der Waals surface area contributed by atoms with Crippen LogP contribution in [0.5, 0.6) is 0 Å². The lowest BCUT2D eigenvalue weighted by molar-refractivity contribution is -0.143. The summed E-state index contributed by atoms with van der Waals surface area (Å²) in [6.07, 6.45) is 6.44. The molecule has 52 heavy (non-hydrogen) atoms. The first-order chi connectivity index (χ1) is 25.2. The van der Waals surface area contributed by atoms with Crippen molar-refractivity contribution in [3.05, 3.63) is 0 Å². The molecular formula is C34H61N5O13. The van der Waals surface area contributed by atoms with E-state index in [0.717, 1.165) is 44.9 Å². The van der Waals surface area contributed by atoms with Crippen LogP contribution in [0.15, 0.2) is 0 Å². The van der Waals surface area contributed by atoms with Crippen LogP contribution in [0.2, 0.25) is 0 Å². The minimum Gasteiger partial charge on any atom is -0.480 e. The van der Waals surface area contributed by atoms with Crippen LogP contribution in [0.4, 0.5) is 0 Å². The number of amides is 5. The second-order valence-corrected chi connectivity index (χ2v) is 12.0. The van der Waals surface area contributed by atoms with Crippen molar-refractivity contribution >= 4 is 35.5 Å². The molecule has 18 nitrogen and oxygen atoms in total. The molecule has 0 saturated heterocycles. The number of unbranched alkanes of at least 4 members (excludes halogenated alkanes) is 1. The van der Waals surface area contributed by atoms with E-state index < -0.39 is 12.0 Å². The van der Waals surface area contributed by atoms with Crippen LogP contribution in [0.3, 0.4) is 0 Å². The molecule has 5 amide bonds. The number of nitrogens with one attached hydrogen (secondary N) is 5. The summed E-state index contributed by atoms with van der Waals surface area (Å²) in [5.74, 6) is -2.68. The van der Waals surface area contributed by atoms with Gasteiger partial charge in [-0.25, -0.2) is 4.79 Å². The van der Waals surface area contributed by atoms with E-state index >= 15 is 0 Å². The lowest BCUT2D eigenvalue weighted by Gasteiger charge is -2.23. The van der Waals surface area contributed by atoms with Gasteiger partial charge in [-0.05, 0) is 25.7 Å². The van der Waals surface area contributed by atoms with Crippen LogP contribution in [0, 0.1) is 5.92 Å². The van der Waals surface area contributed by atoms with Gasteiger partial charge in [-0.15, -0.1) is 0 Å². The van der Waals surface area contributed by atoms with Crippen molar-refractivity contribution in [3.63, 3.8) is 0 Å².